The Hall–Kier alpha value is -1.49. The summed E-state index contributed by atoms with van der Waals surface area (Å²) in [6, 6.07) is 1.81. The molecule has 2 rings (SSSR count). The van der Waals surface area contributed by atoms with Gasteiger partial charge in [0.05, 0.1) is 6.54 Å². The molecule has 1 aromatic rings. The van der Waals surface area contributed by atoms with Crippen molar-refractivity contribution in [2.75, 3.05) is 37.6 Å². The summed E-state index contributed by atoms with van der Waals surface area (Å²) in [6.07, 6.45) is 3.51. The second-order valence-electron chi connectivity index (χ2n) is 4.01. The van der Waals surface area contributed by atoms with Crippen LogP contribution >= 0.6 is 0 Å². The molecule has 0 amide bonds. The third-order valence-electron chi connectivity index (χ3n) is 2.65. The highest BCUT2D eigenvalue weighted by Crippen LogP contribution is 2.09. The summed E-state index contributed by atoms with van der Waals surface area (Å²) in [6.45, 7) is 5.76. The van der Waals surface area contributed by atoms with Crippen molar-refractivity contribution < 1.29 is 4.79 Å². The molecule has 0 unspecified atom stereocenters. The standard InChI is InChI=1S/C11H16N4O/c1-10(16)9-14-5-7-15(8-6-14)11-12-3-2-4-13-11/h2-4H,5-9H2,1H3. The van der Waals surface area contributed by atoms with Crippen LogP contribution in [0.5, 0.6) is 0 Å². The van der Waals surface area contributed by atoms with Gasteiger partial charge >= 0.3 is 0 Å². The van der Waals surface area contributed by atoms with Crippen LogP contribution in [0.4, 0.5) is 5.95 Å². The lowest BCUT2D eigenvalue weighted by atomic mass is 10.3. The van der Waals surface area contributed by atoms with Crippen LogP contribution in [-0.2, 0) is 4.79 Å². The largest absolute Gasteiger partial charge is 0.338 e. The molecule has 0 atom stereocenters. The van der Waals surface area contributed by atoms with E-state index in [9.17, 15) is 4.79 Å². The molecule has 0 N–H and O–H groups in total. The third kappa shape index (κ3) is 2.76. The number of nitrogens with zero attached hydrogens (tertiary/aromatic N) is 4. The Labute approximate surface area is 95.1 Å². The van der Waals surface area contributed by atoms with Gasteiger partial charge in [0, 0.05) is 38.6 Å². The minimum atomic E-state index is 0.226. The normalized spacial score (nSPS) is 17.4. The Balaban J connectivity index is 1.88. The molecule has 0 spiro atoms. The van der Waals surface area contributed by atoms with Gasteiger partial charge in [-0.1, -0.05) is 0 Å². The Morgan fingerprint density at radius 3 is 2.44 bits per heavy atom. The van der Waals surface area contributed by atoms with Gasteiger partial charge in [-0.15, -0.1) is 0 Å². The minimum absolute atomic E-state index is 0.226. The Bertz CT molecular complexity index is 346. The Morgan fingerprint density at radius 1 is 1.25 bits per heavy atom. The minimum Gasteiger partial charge on any atom is -0.338 e. The number of aromatic nitrogens is 2. The number of hydrogen-bond donors (Lipinski definition) is 0. The van der Waals surface area contributed by atoms with Crippen LogP contribution < -0.4 is 4.90 Å². The van der Waals surface area contributed by atoms with Crippen molar-refractivity contribution in [3.8, 4) is 0 Å². The fourth-order valence-electron chi connectivity index (χ4n) is 1.88. The zero-order valence-electron chi connectivity index (χ0n) is 9.46. The Morgan fingerprint density at radius 2 is 1.88 bits per heavy atom. The van der Waals surface area contributed by atoms with E-state index < -0.39 is 0 Å². The number of piperazine rings is 1. The van der Waals surface area contributed by atoms with Gasteiger partial charge in [-0.3, -0.25) is 9.69 Å². The maximum absolute atomic E-state index is 11.0. The molecule has 86 valence electrons. The predicted octanol–water partition coefficient (Wildman–Crippen LogP) is 0.188. The van der Waals surface area contributed by atoms with Gasteiger partial charge in [-0.2, -0.15) is 0 Å². The average molecular weight is 220 g/mol. The van der Waals surface area contributed by atoms with Crippen molar-refractivity contribution in [3.05, 3.63) is 18.5 Å². The lowest BCUT2D eigenvalue weighted by Crippen LogP contribution is -2.48. The van der Waals surface area contributed by atoms with Crippen molar-refractivity contribution in [2.45, 2.75) is 6.92 Å². The summed E-state index contributed by atoms with van der Waals surface area (Å²) < 4.78 is 0. The Kier molecular flexibility index (Phi) is 3.46. The second kappa shape index (κ2) is 5.03. The zero-order chi connectivity index (χ0) is 11.4. The number of Topliss-reactive ketones (excluding diaryl/α,β-unsaturated/α-hetero) is 1. The van der Waals surface area contributed by atoms with E-state index in [-0.39, 0.29) is 5.78 Å². The van der Waals surface area contributed by atoms with Crippen LogP contribution in [0.25, 0.3) is 0 Å². The molecular formula is C11H16N4O. The fraction of sp³-hybridized carbons (Fsp3) is 0.545. The number of ketones is 1. The molecule has 0 aliphatic carbocycles. The summed E-state index contributed by atoms with van der Waals surface area (Å²) in [5.74, 6) is 1.01. The van der Waals surface area contributed by atoms with Gasteiger partial charge in [-0.05, 0) is 13.0 Å². The third-order valence-corrected chi connectivity index (χ3v) is 2.65. The number of carbonyl (C=O) groups excluding carboxylic acids is 1. The van der Waals surface area contributed by atoms with Crippen LogP contribution in [0.1, 0.15) is 6.92 Å². The quantitative estimate of drug-likeness (QED) is 0.727. The first-order chi connectivity index (χ1) is 7.75. The smallest absolute Gasteiger partial charge is 0.225 e. The SMILES string of the molecule is CC(=O)CN1CCN(c2ncccn2)CC1. The number of hydrogen-bond acceptors (Lipinski definition) is 5. The summed E-state index contributed by atoms with van der Waals surface area (Å²) in [5, 5.41) is 0. The van der Waals surface area contributed by atoms with E-state index in [2.05, 4.69) is 19.8 Å². The topological polar surface area (TPSA) is 49.3 Å². The molecule has 5 heteroatoms. The summed E-state index contributed by atoms with van der Waals surface area (Å²) in [7, 11) is 0. The number of anilines is 1. The molecular weight excluding hydrogens is 204 g/mol. The lowest BCUT2D eigenvalue weighted by molar-refractivity contribution is -0.118. The molecule has 0 radical (unpaired) electrons. The maximum Gasteiger partial charge on any atom is 0.225 e. The van der Waals surface area contributed by atoms with E-state index in [4.69, 9.17) is 0 Å². The van der Waals surface area contributed by atoms with Crippen molar-refractivity contribution in [1.82, 2.24) is 14.9 Å². The first kappa shape index (κ1) is 11.0. The van der Waals surface area contributed by atoms with Gasteiger partial charge in [0.25, 0.3) is 0 Å². The van der Waals surface area contributed by atoms with E-state index >= 15 is 0 Å². The van der Waals surface area contributed by atoms with E-state index in [1.807, 2.05) is 6.07 Å². The molecule has 0 aromatic carbocycles. The van der Waals surface area contributed by atoms with E-state index in [1.165, 1.54) is 0 Å². The number of carbonyl (C=O) groups is 1. The summed E-state index contributed by atoms with van der Waals surface area (Å²) >= 11 is 0. The molecule has 1 aromatic heterocycles. The molecule has 1 fully saturated rings. The summed E-state index contributed by atoms with van der Waals surface area (Å²) in [5.41, 5.74) is 0. The molecule has 5 nitrogen and oxygen atoms in total. The molecule has 1 saturated heterocycles. The van der Waals surface area contributed by atoms with Crippen LogP contribution in [-0.4, -0.2) is 53.4 Å². The fourth-order valence-corrected chi connectivity index (χ4v) is 1.88. The van der Waals surface area contributed by atoms with E-state index in [1.54, 1.807) is 19.3 Å². The monoisotopic (exact) mass is 220 g/mol. The van der Waals surface area contributed by atoms with Crippen molar-refractivity contribution in [3.63, 3.8) is 0 Å². The highest BCUT2D eigenvalue weighted by Gasteiger charge is 2.18. The van der Waals surface area contributed by atoms with Gasteiger partial charge in [0.15, 0.2) is 0 Å². The molecule has 16 heavy (non-hydrogen) atoms. The average Bonchev–Trinajstić information content (AvgIpc) is 2.30. The van der Waals surface area contributed by atoms with Gasteiger partial charge in [-0.25, -0.2) is 9.97 Å². The predicted molar refractivity (Wildman–Crippen MR) is 61.4 cm³/mol. The number of rotatable bonds is 3. The molecule has 2 heterocycles. The highest BCUT2D eigenvalue weighted by molar-refractivity contribution is 5.77. The molecule has 1 aliphatic rings. The first-order valence-electron chi connectivity index (χ1n) is 5.49. The molecule has 0 bridgehead atoms. The van der Waals surface area contributed by atoms with Gasteiger partial charge < -0.3 is 4.90 Å². The van der Waals surface area contributed by atoms with Crippen molar-refractivity contribution in [1.29, 1.82) is 0 Å². The van der Waals surface area contributed by atoms with E-state index in [0.717, 1.165) is 32.1 Å². The van der Waals surface area contributed by atoms with Gasteiger partial charge in [0.1, 0.15) is 5.78 Å². The van der Waals surface area contributed by atoms with Crippen LogP contribution in [0.15, 0.2) is 18.5 Å². The first-order valence-corrected chi connectivity index (χ1v) is 5.49. The molecule has 1 aliphatic heterocycles. The van der Waals surface area contributed by atoms with Crippen LogP contribution in [0.3, 0.4) is 0 Å². The second-order valence-corrected chi connectivity index (χ2v) is 4.01. The zero-order valence-corrected chi connectivity index (χ0v) is 9.46. The maximum atomic E-state index is 11.0. The van der Waals surface area contributed by atoms with E-state index in [0.29, 0.717) is 6.54 Å². The van der Waals surface area contributed by atoms with Crippen molar-refractivity contribution in [2.24, 2.45) is 0 Å². The lowest BCUT2D eigenvalue weighted by Gasteiger charge is -2.33. The summed E-state index contributed by atoms with van der Waals surface area (Å²) in [4.78, 5) is 23.7. The van der Waals surface area contributed by atoms with Gasteiger partial charge in [0.2, 0.25) is 5.95 Å². The highest BCUT2D eigenvalue weighted by atomic mass is 16.1. The van der Waals surface area contributed by atoms with Crippen LogP contribution in [0.2, 0.25) is 0 Å². The molecule has 0 saturated carbocycles. The van der Waals surface area contributed by atoms with Crippen LogP contribution in [0, 0.1) is 0 Å². The van der Waals surface area contributed by atoms with Crippen molar-refractivity contribution >= 4 is 11.7 Å².